The van der Waals surface area contributed by atoms with E-state index in [1.165, 1.54) is 6.26 Å². The van der Waals surface area contributed by atoms with Gasteiger partial charge in [-0.05, 0) is 18.9 Å². The molecule has 2 rings (SSSR count). The fourth-order valence-electron chi connectivity index (χ4n) is 2.24. The summed E-state index contributed by atoms with van der Waals surface area (Å²) in [6, 6.07) is 1.62. The van der Waals surface area contributed by atoms with E-state index in [-0.39, 0.29) is 11.7 Å². The molecule has 0 bridgehead atoms. The molecule has 0 unspecified atom stereocenters. The molecule has 1 aliphatic rings. The van der Waals surface area contributed by atoms with E-state index in [0.717, 1.165) is 25.7 Å². The van der Waals surface area contributed by atoms with Crippen molar-refractivity contribution in [1.29, 1.82) is 0 Å². The lowest BCUT2D eigenvalue weighted by Crippen LogP contribution is -2.32. The van der Waals surface area contributed by atoms with Crippen LogP contribution in [0.3, 0.4) is 0 Å². The third-order valence-electron chi connectivity index (χ3n) is 3.22. The van der Waals surface area contributed by atoms with Gasteiger partial charge < -0.3 is 14.4 Å². The fraction of sp³-hybridized carbons (Fsp3) is 0.538. The zero-order valence-corrected chi connectivity index (χ0v) is 10.2. The largest absolute Gasteiger partial charge is 0.475 e. The van der Waals surface area contributed by atoms with Crippen molar-refractivity contribution in [3.8, 4) is 0 Å². The second kappa shape index (κ2) is 5.71. The molecule has 1 N–H and O–H groups in total. The van der Waals surface area contributed by atoms with Crippen LogP contribution in [0.25, 0.3) is 0 Å². The molecule has 0 aliphatic carbocycles. The lowest BCUT2D eigenvalue weighted by molar-refractivity contribution is -0.132. The van der Waals surface area contributed by atoms with Crippen molar-refractivity contribution < 1.29 is 19.1 Å². The minimum atomic E-state index is -1.09. The van der Waals surface area contributed by atoms with Crippen LogP contribution in [0.4, 0.5) is 0 Å². The Morgan fingerprint density at radius 2 is 2.11 bits per heavy atom. The highest BCUT2D eigenvalue weighted by Gasteiger charge is 2.20. The third kappa shape index (κ3) is 2.91. The molecule has 0 aromatic carbocycles. The van der Waals surface area contributed by atoms with Crippen LogP contribution < -0.4 is 0 Å². The number of carboxylic acid groups (broad SMARTS) is 1. The highest BCUT2D eigenvalue weighted by atomic mass is 16.4. The number of carboxylic acids is 1. The quantitative estimate of drug-likeness (QED) is 0.894. The standard InChI is InChI=1S/C13H17NO4/c15-11-5-3-1-2-4-7-14(11)9-10-6-8-18-12(10)13(16)17/h6,8H,1-5,7,9H2,(H,16,17). The number of likely N-dealkylation sites (tertiary alicyclic amines) is 1. The SMILES string of the molecule is O=C(O)c1occc1CN1CCCCCCC1=O. The Kier molecular flexibility index (Phi) is 4.02. The first-order valence-corrected chi connectivity index (χ1v) is 6.26. The van der Waals surface area contributed by atoms with Crippen LogP contribution in [0.1, 0.15) is 48.2 Å². The monoisotopic (exact) mass is 251 g/mol. The Bertz CT molecular complexity index is 438. The first-order chi connectivity index (χ1) is 8.68. The molecule has 1 aromatic heterocycles. The summed E-state index contributed by atoms with van der Waals surface area (Å²) in [6.07, 6.45) is 6.04. The van der Waals surface area contributed by atoms with Crippen molar-refractivity contribution in [3.63, 3.8) is 0 Å². The number of carbonyl (C=O) groups excluding carboxylic acids is 1. The Morgan fingerprint density at radius 3 is 2.89 bits per heavy atom. The molecular formula is C13H17NO4. The van der Waals surface area contributed by atoms with Crippen molar-refractivity contribution >= 4 is 11.9 Å². The molecule has 2 heterocycles. The van der Waals surface area contributed by atoms with Gasteiger partial charge in [0.15, 0.2) is 0 Å². The summed E-state index contributed by atoms with van der Waals surface area (Å²) in [5.74, 6) is -1.05. The van der Waals surface area contributed by atoms with Crippen LogP contribution in [0.5, 0.6) is 0 Å². The van der Waals surface area contributed by atoms with Crippen LogP contribution in [-0.2, 0) is 11.3 Å². The first-order valence-electron chi connectivity index (χ1n) is 6.26. The lowest BCUT2D eigenvalue weighted by Gasteiger charge is -2.24. The van der Waals surface area contributed by atoms with Crippen LogP contribution in [0.15, 0.2) is 16.7 Å². The highest BCUT2D eigenvalue weighted by molar-refractivity contribution is 5.86. The number of aromatic carboxylic acids is 1. The zero-order chi connectivity index (χ0) is 13.0. The first kappa shape index (κ1) is 12.7. The van der Waals surface area contributed by atoms with Gasteiger partial charge in [-0.25, -0.2) is 4.79 Å². The van der Waals surface area contributed by atoms with Gasteiger partial charge in [0.05, 0.1) is 6.26 Å². The minimum Gasteiger partial charge on any atom is -0.475 e. The maximum absolute atomic E-state index is 11.9. The molecule has 1 aromatic rings. The second-order valence-corrected chi connectivity index (χ2v) is 4.56. The number of hydrogen-bond acceptors (Lipinski definition) is 3. The number of furan rings is 1. The maximum Gasteiger partial charge on any atom is 0.372 e. The molecule has 1 saturated heterocycles. The number of hydrogen-bond donors (Lipinski definition) is 1. The van der Waals surface area contributed by atoms with Gasteiger partial charge in [-0.3, -0.25) is 4.79 Å². The van der Waals surface area contributed by atoms with Crippen molar-refractivity contribution in [3.05, 3.63) is 23.7 Å². The molecule has 0 saturated carbocycles. The van der Waals surface area contributed by atoms with E-state index in [1.54, 1.807) is 11.0 Å². The Balaban J connectivity index is 2.08. The summed E-state index contributed by atoms with van der Waals surface area (Å²) in [5.41, 5.74) is 0.566. The van der Waals surface area contributed by atoms with Gasteiger partial charge in [-0.1, -0.05) is 12.8 Å². The van der Waals surface area contributed by atoms with Crippen LogP contribution >= 0.6 is 0 Å². The molecule has 5 nitrogen and oxygen atoms in total. The van der Waals surface area contributed by atoms with Crippen LogP contribution in [0, 0.1) is 0 Å². The van der Waals surface area contributed by atoms with E-state index >= 15 is 0 Å². The molecule has 1 amide bonds. The second-order valence-electron chi connectivity index (χ2n) is 4.56. The molecule has 0 atom stereocenters. The van der Waals surface area contributed by atoms with Gasteiger partial charge >= 0.3 is 5.97 Å². The summed E-state index contributed by atoms with van der Waals surface area (Å²) < 4.78 is 4.92. The normalized spacial score (nSPS) is 17.3. The average molecular weight is 251 g/mol. The summed E-state index contributed by atoms with van der Waals surface area (Å²) >= 11 is 0. The lowest BCUT2D eigenvalue weighted by atomic mass is 10.1. The third-order valence-corrected chi connectivity index (χ3v) is 3.22. The molecule has 18 heavy (non-hydrogen) atoms. The maximum atomic E-state index is 11.9. The van der Waals surface area contributed by atoms with Gasteiger partial charge in [0, 0.05) is 25.1 Å². The molecule has 5 heteroatoms. The number of rotatable bonds is 3. The molecule has 0 radical (unpaired) electrons. The van der Waals surface area contributed by atoms with Crippen molar-refractivity contribution in [2.75, 3.05) is 6.54 Å². The van der Waals surface area contributed by atoms with Gasteiger partial charge in [-0.15, -0.1) is 0 Å². The Morgan fingerprint density at radius 1 is 1.33 bits per heavy atom. The predicted molar refractivity (Wildman–Crippen MR) is 64.2 cm³/mol. The van der Waals surface area contributed by atoms with Crippen LogP contribution in [0.2, 0.25) is 0 Å². The smallest absolute Gasteiger partial charge is 0.372 e. The average Bonchev–Trinajstić information content (AvgIpc) is 2.77. The number of nitrogens with zero attached hydrogens (tertiary/aromatic N) is 1. The summed E-state index contributed by atoms with van der Waals surface area (Å²) in [5, 5.41) is 8.95. The fourth-order valence-corrected chi connectivity index (χ4v) is 2.24. The molecule has 98 valence electrons. The van der Waals surface area contributed by atoms with Crippen molar-refractivity contribution in [2.45, 2.75) is 38.6 Å². The topological polar surface area (TPSA) is 70.8 Å². The highest BCUT2D eigenvalue weighted by Crippen LogP contribution is 2.17. The number of amides is 1. The minimum absolute atomic E-state index is 0.0649. The molecule has 0 spiro atoms. The summed E-state index contributed by atoms with van der Waals surface area (Å²) in [7, 11) is 0. The molecular weight excluding hydrogens is 234 g/mol. The van der Waals surface area contributed by atoms with Gasteiger partial charge in [0.25, 0.3) is 0 Å². The van der Waals surface area contributed by atoms with E-state index in [9.17, 15) is 9.59 Å². The van der Waals surface area contributed by atoms with E-state index in [2.05, 4.69) is 0 Å². The van der Waals surface area contributed by atoms with E-state index in [4.69, 9.17) is 9.52 Å². The van der Waals surface area contributed by atoms with Crippen molar-refractivity contribution in [2.24, 2.45) is 0 Å². The Labute approximate surface area is 105 Å². The van der Waals surface area contributed by atoms with Crippen molar-refractivity contribution in [1.82, 2.24) is 4.90 Å². The number of carbonyl (C=O) groups is 2. The summed E-state index contributed by atoms with van der Waals surface area (Å²) in [6.45, 7) is 1.03. The molecule has 1 fully saturated rings. The van der Waals surface area contributed by atoms with Gasteiger partial charge in [0.1, 0.15) is 0 Å². The predicted octanol–water partition coefficient (Wildman–Crippen LogP) is 2.27. The Hall–Kier alpha value is -1.78. The molecule has 1 aliphatic heterocycles. The summed E-state index contributed by atoms with van der Waals surface area (Å²) in [4.78, 5) is 24.6. The van der Waals surface area contributed by atoms with Crippen LogP contribution in [-0.4, -0.2) is 28.4 Å². The van der Waals surface area contributed by atoms with E-state index in [0.29, 0.717) is 25.1 Å². The van der Waals surface area contributed by atoms with E-state index < -0.39 is 5.97 Å². The zero-order valence-electron chi connectivity index (χ0n) is 10.2. The van der Waals surface area contributed by atoms with Gasteiger partial charge in [0.2, 0.25) is 11.7 Å². The van der Waals surface area contributed by atoms with Gasteiger partial charge in [-0.2, -0.15) is 0 Å². The van der Waals surface area contributed by atoms with E-state index in [1.807, 2.05) is 0 Å².